The average Bonchev–Trinajstić information content (AvgIpc) is 3.12. The minimum atomic E-state index is 0. The van der Waals surface area contributed by atoms with Gasteiger partial charge in [-0.2, -0.15) is 0 Å². The first kappa shape index (κ1) is 15.1. The van der Waals surface area contributed by atoms with Crippen LogP contribution in [0.1, 0.15) is 45.4 Å². The van der Waals surface area contributed by atoms with Gasteiger partial charge in [-0.15, -0.1) is 12.4 Å². The number of nitrogens with two attached hydrogens (primary N) is 1. The van der Waals surface area contributed by atoms with Gasteiger partial charge in [0.1, 0.15) is 0 Å². The Labute approximate surface area is 122 Å². The fraction of sp³-hybridized carbons (Fsp3) is 0.933. The number of fused-ring (bicyclic) bond motifs is 1. The van der Waals surface area contributed by atoms with E-state index >= 15 is 0 Å². The number of halogens is 1. The first-order valence-electron chi connectivity index (χ1n) is 7.74. The summed E-state index contributed by atoms with van der Waals surface area (Å²) in [5.74, 6) is 2.83. The molecule has 0 radical (unpaired) electrons. The minimum absolute atomic E-state index is 0. The van der Waals surface area contributed by atoms with E-state index in [-0.39, 0.29) is 12.4 Å². The molecular weight excluding hydrogens is 260 g/mol. The first-order valence-corrected chi connectivity index (χ1v) is 7.74. The van der Waals surface area contributed by atoms with Crippen LogP contribution in [-0.2, 0) is 4.79 Å². The molecule has 0 aromatic heterocycles. The normalized spacial score (nSPS) is 41.2. The Bertz CT molecular complexity index is 324. The van der Waals surface area contributed by atoms with Crippen molar-refractivity contribution in [2.24, 2.45) is 29.4 Å². The lowest BCUT2D eigenvalue weighted by atomic mass is 9.90. The summed E-state index contributed by atoms with van der Waals surface area (Å²) in [6, 6.07) is 0.300. The molecule has 3 aliphatic rings. The van der Waals surface area contributed by atoms with Crippen LogP contribution < -0.4 is 5.73 Å². The predicted molar refractivity (Wildman–Crippen MR) is 79.1 cm³/mol. The molecule has 1 saturated heterocycles. The van der Waals surface area contributed by atoms with E-state index in [1.54, 1.807) is 0 Å². The van der Waals surface area contributed by atoms with Gasteiger partial charge in [-0.05, 0) is 43.4 Å². The third kappa shape index (κ3) is 2.64. The highest BCUT2D eigenvalue weighted by molar-refractivity contribution is 5.85. The van der Waals surface area contributed by atoms with E-state index < -0.39 is 0 Å². The van der Waals surface area contributed by atoms with Gasteiger partial charge in [-0.1, -0.05) is 19.8 Å². The molecule has 1 aliphatic heterocycles. The highest BCUT2D eigenvalue weighted by Gasteiger charge is 2.56. The maximum atomic E-state index is 12.7. The van der Waals surface area contributed by atoms with Crippen molar-refractivity contribution in [3.8, 4) is 0 Å². The molecule has 2 N–H and O–H groups in total. The van der Waals surface area contributed by atoms with Gasteiger partial charge in [-0.3, -0.25) is 4.79 Å². The van der Waals surface area contributed by atoms with Crippen molar-refractivity contribution in [1.29, 1.82) is 0 Å². The third-order valence-corrected chi connectivity index (χ3v) is 5.58. The summed E-state index contributed by atoms with van der Waals surface area (Å²) in [5, 5.41) is 0. The summed E-state index contributed by atoms with van der Waals surface area (Å²) in [6.07, 6.45) is 7.63. The number of nitrogens with zero attached hydrogens (tertiary/aromatic N) is 1. The SMILES string of the molecule is CC1CCCN(C(=O)C2C3CCCCC32)C1CN.Cl. The molecule has 4 heteroatoms. The van der Waals surface area contributed by atoms with Crippen molar-refractivity contribution in [3.63, 3.8) is 0 Å². The number of carbonyl (C=O) groups excluding carboxylic acids is 1. The van der Waals surface area contributed by atoms with Gasteiger partial charge >= 0.3 is 0 Å². The van der Waals surface area contributed by atoms with Gasteiger partial charge in [0, 0.05) is 25.0 Å². The third-order valence-electron chi connectivity index (χ3n) is 5.58. The molecule has 3 fully saturated rings. The summed E-state index contributed by atoms with van der Waals surface area (Å²) in [4.78, 5) is 14.8. The highest BCUT2D eigenvalue weighted by atomic mass is 35.5. The van der Waals surface area contributed by atoms with Gasteiger partial charge in [0.05, 0.1) is 0 Å². The zero-order valence-electron chi connectivity index (χ0n) is 11.9. The van der Waals surface area contributed by atoms with Crippen molar-refractivity contribution < 1.29 is 4.79 Å². The Kier molecular flexibility index (Phi) is 4.78. The summed E-state index contributed by atoms with van der Waals surface area (Å²) in [7, 11) is 0. The van der Waals surface area contributed by atoms with Crippen LogP contribution in [0.3, 0.4) is 0 Å². The summed E-state index contributed by atoms with van der Waals surface area (Å²) < 4.78 is 0. The summed E-state index contributed by atoms with van der Waals surface area (Å²) >= 11 is 0. The van der Waals surface area contributed by atoms with Gasteiger partial charge in [0.15, 0.2) is 0 Å². The molecule has 110 valence electrons. The van der Waals surface area contributed by atoms with Crippen molar-refractivity contribution in [2.45, 2.75) is 51.5 Å². The van der Waals surface area contributed by atoms with Gasteiger partial charge < -0.3 is 10.6 Å². The van der Waals surface area contributed by atoms with E-state index in [4.69, 9.17) is 5.73 Å². The number of likely N-dealkylation sites (tertiary alicyclic amines) is 1. The van der Waals surface area contributed by atoms with Crippen molar-refractivity contribution in [2.75, 3.05) is 13.1 Å². The molecule has 19 heavy (non-hydrogen) atoms. The van der Waals surface area contributed by atoms with E-state index in [0.29, 0.717) is 30.3 Å². The number of rotatable bonds is 2. The summed E-state index contributed by atoms with van der Waals surface area (Å²) in [5.41, 5.74) is 5.90. The molecule has 1 heterocycles. The number of hydrogen-bond acceptors (Lipinski definition) is 2. The van der Waals surface area contributed by atoms with Crippen LogP contribution in [0, 0.1) is 23.7 Å². The molecule has 0 aromatic carbocycles. The molecule has 0 bridgehead atoms. The van der Waals surface area contributed by atoms with Crippen molar-refractivity contribution in [3.05, 3.63) is 0 Å². The molecule has 4 unspecified atom stereocenters. The minimum Gasteiger partial charge on any atom is -0.338 e. The van der Waals surface area contributed by atoms with Gasteiger partial charge in [0.25, 0.3) is 0 Å². The molecule has 3 nitrogen and oxygen atoms in total. The Hall–Kier alpha value is -0.280. The molecular formula is C15H27ClN2O. The van der Waals surface area contributed by atoms with Gasteiger partial charge in [0.2, 0.25) is 5.91 Å². The molecule has 4 atom stereocenters. The second-order valence-electron chi connectivity index (χ2n) is 6.59. The molecule has 2 aliphatic carbocycles. The number of piperidine rings is 1. The Morgan fingerprint density at radius 3 is 2.37 bits per heavy atom. The van der Waals surface area contributed by atoms with Crippen LogP contribution in [0.25, 0.3) is 0 Å². The van der Waals surface area contributed by atoms with E-state index in [0.717, 1.165) is 24.8 Å². The van der Waals surface area contributed by atoms with Crippen LogP contribution in [-0.4, -0.2) is 29.9 Å². The first-order chi connectivity index (χ1) is 8.74. The Morgan fingerprint density at radius 1 is 1.16 bits per heavy atom. The predicted octanol–water partition coefficient (Wildman–Crippen LogP) is 2.43. The zero-order valence-corrected chi connectivity index (χ0v) is 12.7. The van der Waals surface area contributed by atoms with E-state index in [2.05, 4.69) is 11.8 Å². The van der Waals surface area contributed by atoms with E-state index in [9.17, 15) is 4.79 Å². The Balaban J connectivity index is 0.00000133. The second kappa shape index (κ2) is 6.01. The standard InChI is InChI=1S/C15H26N2O.ClH/c1-10-5-4-8-17(13(10)9-16)15(18)14-11-6-2-3-7-12(11)14;/h10-14H,2-9,16H2,1H3;1H. The fourth-order valence-corrected chi connectivity index (χ4v) is 4.43. The fourth-order valence-electron chi connectivity index (χ4n) is 4.43. The van der Waals surface area contributed by atoms with Crippen LogP contribution in [0.15, 0.2) is 0 Å². The maximum Gasteiger partial charge on any atom is 0.226 e. The quantitative estimate of drug-likeness (QED) is 0.847. The van der Waals surface area contributed by atoms with Crippen LogP contribution in [0.4, 0.5) is 0 Å². The molecule has 0 spiro atoms. The van der Waals surface area contributed by atoms with E-state index in [1.807, 2.05) is 0 Å². The molecule has 0 aromatic rings. The van der Waals surface area contributed by atoms with Crippen LogP contribution >= 0.6 is 12.4 Å². The lowest BCUT2D eigenvalue weighted by Gasteiger charge is -2.39. The second-order valence-corrected chi connectivity index (χ2v) is 6.59. The zero-order chi connectivity index (χ0) is 12.7. The van der Waals surface area contributed by atoms with Crippen LogP contribution in [0.2, 0.25) is 0 Å². The highest BCUT2D eigenvalue weighted by Crippen LogP contribution is 2.56. The molecule has 3 rings (SSSR count). The van der Waals surface area contributed by atoms with Crippen molar-refractivity contribution in [1.82, 2.24) is 4.90 Å². The van der Waals surface area contributed by atoms with Crippen molar-refractivity contribution >= 4 is 18.3 Å². The lowest BCUT2D eigenvalue weighted by Crippen LogP contribution is -2.52. The average molecular weight is 287 g/mol. The number of carbonyl (C=O) groups is 1. The molecule has 2 saturated carbocycles. The smallest absolute Gasteiger partial charge is 0.226 e. The monoisotopic (exact) mass is 286 g/mol. The Morgan fingerprint density at radius 2 is 1.79 bits per heavy atom. The van der Waals surface area contributed by atoms with E-state index in [1.165, 1.54) is 32.1 Å². The maximum absolute atomic E-state index is 12.7. The topological polar surface area (TPSA) is 46.3 Å². The number of amides is 1. The molecule has 1 amide bonds. The van der Waals surface area contributed by atoms with Crippen LogP contribution in [0.5, 0.6) is 0 Å². The largest absolute Gasteiger partial charge is 0.338 e. The number of hydrogen-bond donors (Lipinski definition) is 1. The van der Waals surface area contributed by atoms with Gasteiger partial charge in [-0.25, -0.2) is 0 Å². The lowest BCUT2D eigenvalue weighted by molar-refractivity contribution is -0.138. The summed E-state index contributed by atoms with van der Waals surface area (Å²) in [6.45, 7) is 3.83.